The first-order valence-corrected chi connectivity index (χ1v) is 5.31. The molecule has 2 N–H and O–H groups in total. The summed E-state index contributed by atoms with van der Waals surface area (Å²) < 4.78 is 9.35. The van der Waals surface area contributed by atoms with Gasteiger partial charge in [-0.2, -0.15) is 0 Å². The number of benzene rings is 1. The minimum absolute atomic E-state index is 0.0928. The molecule has 0 heterocycles. The fraction of sp³-hybridized carbons (Fsp3) is 0.364. The number of esters is 1. The van der Waals surface area contributed by atoms with Crippen LogP contribution in [0.3, 0.4) is 0 Å². The van der Waals surface area contributed by atoms with Crippen molar-refractivity contribution in [2.45, 2.75) is 6.04 Å². The Morgan fingerprint density at radius 1 is 1.53 bits per heavy atom. The Bertz CT molecular complexity index is 476. The van der Waals surface area contributed by atoms with Gasteiger partial charge in [-0.25, -0.2) is 4.79 Å². The second-order valence-electron chi connectivity index (χ2n) is 3.54. The number of ether oxygens (including phenoxy) is 2. The minimum Gasteiger partial charge on any atom is -0.496 e. The van der Waals surface area contributed by atoms with Crippen molar-refractivity contribution < 1.29 is 24.3 Å². The summed E-state index contributed by atoms with van der Waals surface area (Å²) in [6.07, 6.45) is 0. The van der Waals surface area contributed by atoms with Gasteiger partial charge >= 0.3 is 5.97 Å². The zero-order chi connectivity index (χ0) is 14.4. The fourth-order valence-electron chi connectivity index (χ4n) is 1.42. The van der Waals surface area contributed by atoms with Gasteiger partial charge in [-0.1, -0.05) is 0 Å². The number of hydrogen-bond donors (Lipinski definition) is 2. The average molecular weight is 270 g/mol. The van der Waals surface area contributed by atoms with E-state index < -0.39 is 23.5 Å². The molecule has 0 spiro atoms. The Hall–Kier alpha value is -2.35. The molecule has 19 heavy (non-hydrogen) atoms. The van der Waals surface area contributed by atoms with E-state index in [2.05, 4.69) is 10.1 Å². The summed E-state index contributed by atoms with van der Waals surface area (Å²) in [5.74, 6) is -0.400. The van der Waals surface area contributed by atoms with Crippen LogP contribution in [0.25, 0.3) is 0 Å². The van der Waals surface area contributed by atoms with Crippen molar-refractivity contribution in [3.05, 3.63) is 28.3 Å². The molecule has 0 aliphatic heterocycles. The van der Waals surface area contributed by atoms with Crippen LogP contribution in [-0.2, 0) is 9.53 Å². The largest absolute Gasteiger partial charge is 0.496 e. The summed E-state index contributed by atoms with van der Waals surface area (Å²) in [5, 5.41) is 22.6. The fourth-order valence-corrected chi connectivity index (χ4v) is 1.42. The van der Waals surface area contributed by atoms with E-state index in [0.717, 1.165) is 7.11 Å². The number of nitrogens with one attached hydrogen (secondary N) is 1. The number of nitrogens with zero attached hydrogens (tertiary/aromatic N) is 1. The molecule has 0 fully saturated rings. The molecule has 0 saturated heterocycles. The van der Waals surface area contributed by atoms with Crippen LogP contribution in [0, 0.1) is 10.1 Å². The van der Waals surface area contributed by atoms with Crippen molar-refractivity contribution in [2.75, 3.05) is 26.1 Å². The zero-order valence-corrected chi connectivity index (χ0v) is 10.5. The Balaban J connectivity index is 3.05. The normalized spacial score (nSPS) is 11.5. The summed E-state index contributed by atoms with van der Waals surface area (Å²) in [5.41, 5.74) is -0.169. The van der Waals surface area contributed by atoms with E-state index in [4.69, 9.17) is 9.84 Å². The highest BCUT2D eigenvalue weighted by Gasteiger charge is 2.22. The molecule has 0 aliphatic rings. The molecule has 8 nitrogen and oxygen atoms in total. The van der Waals surface area contributed by atoms with E-state index >= 15 is 0 Å². The molecule has 0 amide bonds. The Labute approximate surface area is 109 Å². The standard InChI is InChI=1S/C11H14N2O6/c1-18-7-3-4-8(10(5-7)13(16)17)12-9(6-14)11(15)19-2/h3-5,9,12,14H,6H2,1-2H3. The predicted molar refractivity (Wildman–Crippen MR) is 66.2 cm³/mol. The third-order valence-electron chi connectivity index (χ3n) is 2.40. The lowest BCUT2D eigenvalue weighted by molar-refractivity contribution is -0.384. The third-order valence-corrected chi connectivity index (χ3v) is 2.40. The lowest BCUT2D eigenvalue weighted by Crippen LogP contribution is -2.34. The van der Waals surface area contributed by atoms with Crippen LogP contribution >= 0.6 is 0 Å². The first-order chi connectivity index (χ1) is 9.03. The van der Waals surface area contributed by atoms with Gasteiger partial charge in [0, 0.05) is 0 Å². The summed E-state index contributed by atoms with van der Waals surface area (Å²) >= 11 is 0. The quantitative estimate of drug-likeness (QED) is 0.441. The van der Waals surface area contributed by atoms with Crippen molar-refractivity contribution in [3.63, 3.8) is 0 Å². The molecular formula is C11H14N2O6. The van der Waals surface area contributed by atoms with Crippen molar-refractivity contribution in [3.8, 4) is 5.75 Å². The smallest absolute Gasteiger partial charge is 0.330 e. The number of hydrogen-bond acceptors (Lipinski definition) is 7. The first kappa shape index (κ1) is 14.7. The van der Waals surface area contributed by atoms with E-state index in [-0.39, 0.29) is 11.4 Å². The molecule has 8 heteroatoms. The molecule has 0 bridgehead atoms. The van der Waals surface area contributed by atoms with Crippen molar-refractivity contribution in [1.29, 1.82) is 0 Å². The van der Waals surface area contributed by atoms with Gasteiger partial charge in [-0.15, -0.1) is 0 Å². The van der Waals surface area contributed by atoms with Gasteiger partial charge < -0.3 is 19.9 Å². The Kier molecular flexibility index (Phi) is 5.07. The second kappa shape index (κ2) is 6.55. The van der Waals surface area contributed by atoms with Crippen molar-refractivity contribution in [2.24, 2.45) is 0 Å². The summed E-state index contributed by atoms with van der Waals surface area (Å²) in [4.78, 5) is 21.6. The zero-order valence-electron chi connectivity index (χ0n) is 10.5. The molecular weight excluding hydrogens is 256 g/mol. The summed E-state index contributed by atoms with van der Waals surface area (Å²) in [7, 11) is 2.55. The van der Waals surface area contributed by atoms with Crippen molar-refractivity contribution in [1.82, 2.24) is 0 Å². The van der Waals surface area contributed by atoms with Crippen LogP contribution in [0.1, 0.15) is 0 Å². The molecule has 104 valence electrons. The van der Waals surface area contributed by atoms with E-state index in [1.54, 1.807) is 0 Å². The van der Waals surface area contributed by atoms with Crippen LogP contribution in [0.2, 0.25) is 0 Å². The Morgan fingerprint density at radius 2 is 2.21 bits per heavy atom. The maximum atomic E-state index is 11.3. The van der Waals surface area contributed by atoms with Crippen LogP contribution in [0.5, 0.6) is 5.75 Å². The monoisotopic (exact) mass is 270 g/mol. The highest BCUT2D eigenvalue weighted by molar-refractivity contribution is 5.81. The van der Waals surface area contributed by atoms with E-state index in [1.165, 1.54) is 25.3 Å². The lowest BCUT2D eigenvalue weighted by atomic mass is 10.2. The number of methoxy groups -OCH3 is 2. The first-order valence-electron chi connectivity index (χ1n) is 5.31. The summed E-state index contributed by atoms with van der Waals surface area (Å²) in [6.45, 7) is -0.546. The molecule has 0 radical (unpaired) electrons. The third kappa shape index (κ3) is 3.55. The van der Waals surface area contributed by atoms with E-state index in [0.29, 0.717) is 5.75 Å². The van der Waals surface area contributed by atoms with Gasteiger partial charge in [0.05, 0.1) is 31.8 Å². The number of aliphatic hydroxyl groups is 1. The van der Waals surface area contributed by atoms with Gasteiger partial charge in [0.1, 0.15) is 17.5 Å². The van der Waals surface area contributed by atoms with Gasteiger partial charge in [-0.05, 0) is 12.1 Å². The molecule has 1 aromatic rings. The van der Waals surface area contributed by atoms with Crippen molar-refractivity contribution >= 4 is 17.3 Å². The number of nitro groups is 1. The molecule has 0 aliphatic carbocycles. The van der Waals surface area contributed by atoms with Gasteiger partial charge in [-0.3, -0.25) is 10.1 Å². The predicted octanol–water partition coefficient (Wildman–Crippen LogP) is 0.549. The average Bonchev–Trinajstić information content (AvgIpc) is 2.43. The number of carbonyl (C=O) groups is 1. The Morgan fingerprint density at radius 3 is 2.68 bits per heavy atom. The van der Waals surface area contributed by atoms with Crippen LogP contribution in [0.15, 0.2) is 18.2 Å². The highest BCUT2D eigenvalue weighted by Crippen LogP contribution is 2.29. The number of rotatable bonds is 6. The molecule has 1 rings (SSSR count). The minimum atomic E-state index is -1.07. The van der Waals surface area contributed by atoms with Gasteiger partial charge in [0.15, 0.2) is 0 Å². The van der Waals surface area contributed by atoms with Crippen LogP contribution in [-0.4, -0.2) is 42.9 Å². The maximum absolute atomic E-state index is 11.3. The van der Waals surface area contributed by atoms with Gasteiger partial charge in [0.2, 0.25) is 0 Å². The highest BCUT2D eigenvalue weighted by atomic mass is 16.6. The molecule has 1 aromatic carbocycles. The molecule has 1 atom stereocenters. The molecule has 1 unspecified atom stereocenters. The maximum Gasteiger partial charge on any atom is 0.330 e. The number of anilines is 1. The summed E-state index contributed by atoms with van der Waals surface area (Å²) in [6, 6.07) is 3.04. The molecule has 0 saturated carbocycles. The number of nitro benzene ring substituents is 1. The SMILES string of the molecule is COC(=O)C(CO)Nc1ccc(OC)cc1[N+](=O)[O-]. The molecule has 0 aromatic heterocycles. The number of aliphatic hydroxyl groups excluding tert-OH is 1. The van der Waals surface area contributed by atoms with E-state index in [1.807, 2.05) is 0 Å². The van der Waals surface area contributed by atoms with Crippen LogP contribution in [0.4, 0.5) is 11.4 Å². The van der Waals surface area contributed by atoms with Crippen LogP contribution < -0.4 is 10.1 Å². The topological polar surface area (TPSA) is 111 Å². The lowest BCUT2D eigenvalue weighted by Gasteiger charge is -2.15. The second-order valence-corrected chi connectivity index (χ2v) is 3.54. The number of carbonyl (C=O) groups excluding carboxylic acids is 1. The van der Waals surface area contributed by atoms with Gasteiger partial charge in [0.25, 0.3) is 5.69 Å². The van der Waals surface area contributed by atoms with E-state index in [9.17, 15) is 14.9 Å².